The van der Waals surface area contributed by atoms with E-state index in [-0.39, 0.29) is 5.91 Å². The van der Waals surface area contributed by atoms with E-state index in [9.17, 15) is 4.79 Å². The first-order valence-electron chi connectivity index (χ1n) is 10.8. The van der Waals surface area contributed by atoms with Gasteiger partial charge in [0.2, 0.25) is 5.91 Å². The number of aryl methyl sites for hydroxylation is 1. The minimum atomic E-state index is 0.213. The van der Waals surface area contributed by atoms with Gasteiger partial charge in [0, 0.05) is 55.9 Å². The van der Waals surface area contributed by atoms with Gasteiger partial charge in [0.15, 0.2) is 0 Å². The second-order valence-electron chi connectivity index (χ2n) is 8.18. The topological polar surface area (TPSA) is 39.3 Å². The lowest BCUT2D eigenvalue weighted by Crippen LogP contribution is -2.29. The molecular weight excluding hydrogens is 358 g/mol. The first kappa shape index (κ1) is 19.6. The molecule has 4 nitrogen and oxygen atoms in total. The fraction of sp³-hybridized carbons (Fsp3) is 0.400. The lowest BCUT2D eigenvalue weighted by atomic mass is 10.1. The largest absolute Gasteiger partial charge is 0.372 e. The van der Waals surface area contributed by atoms with Crippen molar-refractivity contribution >= 4 is 22.5 Å². The van der Waals surface area contributed by atoms with Crippen LogP contribution >= 0.6 is 0 Å². The van der Waals surface area contributed by atoms with Gasteiger partial charge in [-0.25, -0.2) is 0 Å². The van der Waals surface area contributed by atoms with E-state index < -0.39 is 0 Å². The van der Waals surface area contributed by atoms with E-state index >= 15 is 0 Å². The summed E-state index contributed by atoms with van der Waals surface area (Å²) in [5, 5.41) is 1.27. The van der Waals surface area contributed by atoms with Gasteiger partial charge in [-0.05, 0) is 61.4 Å². The molecule has 1 aromatic heterocycles. The molecule has 0 bridgehead atoms. The number of aromatic nitrogens is 1. The summed E-state index contributed by atoms with van der Waals surface area (Å²) in [6, 6.07) is 17.1. The summed E-state index contributed by atoms with van der Waals surface area (Å²) >= 11 is 0. The molecule has 0 radical (unpaired) electrons. The van der Waals surface area contributed by atoms with Crippen molar-refractivity contribution in [3.63, 3.8) is 0 Å². The minimum Gasteiger partial charge on any atom is -0.372 e. The smallest absolute Gasteiger partial charge is 0.222 e. The van der Waals surface area contributed by atoms with Crippen LogP contribution in [0.3, 0.4) is 0 Å². The van der Waals surface area contributed by atoms with Gasteiger partial charge in [-0.15, -0.1) is 0 Å². The van der Waals surface area contributed by atoms with Gasteiger partial charge >= 0.3 is 0 Å². The van der Waals surface area contributed by atoms with Crippen molar-refractivity contribution in [3.8, 4) is 0 Å². The molecule has 1 N–H and O–H groups in total. The van der Waals surface area contributed by atoms with Gasteiger partial charge in [0.1, 0.15) is 0 Å². The zero-order valence-corrected chi connectivity index (χ0v) is 17.4. The number of fused-ring (bicyclic) bond motifs is 1. The summed E-state index contributed by atoms with van der Waals surface area (Å²) in [4.78, 5) is 20.2. The van der Waals surface area contributed by atoms with Crippen LogP contribution in [0.4, 0.5) is 5.69 Å². The number of hydrogen-bond donors (Lipinski definition) is 1. The van der Waals surface area contributed by atoms with Crippen molar-refractivity contribution in [3.05, 3.63) is 65.9 Å². The summed E-state index contributed by atoms with van der Waals surface area (Å²) in [6.45, 7) is 2.99. The number of H-pyrrole nitrogens is 1. The normalized spacial score (nSPS) is 14.3. The number of benzene rings is 2. The van der Waals surface area contributed by atoms with Crippen LogP contribution in [-0.2, 0) is 17.8 Å². The second-order valence-corrected chi connectivity index (χ2v) is 8.18. The first-order chi connectivity index (χ1) is 14.2. The standard InChI is InChI=1S/C25H31N3O/c1-27(19-20-12-14-22(15-13-20)28-16-5-2-6-17-28)25(29)11-7-8-21-18-26-24-10-4-3-9-23(21)24/h3-4,9-10,12-15,18,26H,2,5-8,11,16-17,19H2,1H3. The molecule has 1 aliphatic heterocycles. The van der Waals surface area contributed by atoms with Crippen molar-refractivity contribution in [1.29, 1.82) is 0 Å². The Morgan fingerprint density at radius 2 is 1.79 bits per heavy atom. The number of aromatic amines is 1. The molecule has 1 saturated heterocycles. The van der Waals surface area contributed by atoms with E-state index in [0.29, 0.717) is 13.0 Å². The third-order valence-electron chi connectivity index (χ3n) is 6.01. The van der Waals surface area contributed by atoms with Crippen LogP contribution in [0.1, 0.15) is 43.2 Å². The van der Waals surface area contributed by atoms with E-state index in [1.165, 1.54) is 47.0 Å². The number of anilines is 1. The maximum atomic E-state index is 12.6. The Morgan fingerprint density at radius 1 is 1.03 bits per heavy atom. The van der Waals surface area contributed by atoms with Crippen LogP contribution in [0.2, 0.25) is 0 Å². The molecule has 4 rings (SSSR count). The molecular formula is C25H31N3O. The lowest BCUT2D eigenvalue weighted by molar-refractivity contribution is -0.130. The number of carbonyl (C=O) groups excluding carboxylic acids is 1. The Labute approximate surface area is 173 Å². The molecule has 0 atom stereocenters. The fourth-order valence-electron chi connectivity index (χ4n) is 4.29. The molecule has 152 valence electrons. The summed E-state index contributed by atoms with van der Waals surface area (Å²) in [6.07, 6.45) is 8.38. The van der Waals surface area contributed by atoms with Gasteiger partial charge in [-0.1, -0.05) is 30.3 Å². The van der Waals surface area contributed by atoms with Crippen molar-refractivity contribution < 1.29 is 4.79 Å². The monoisotopic (exact) mass is 389 g/mol. The second kappa shape index (κ2) is 9.17. The molecule has 0 unspecified atom stereocenters. The van der Waals surface area contributed by atoms with Crippen molar-refractivity contribution in [2.75, 3.05) is 25.0 Å². The number of amides is 1. The van der Waals surface area contributed by atoms with E-state index in [1.807, 2.05) is 18.0 Å². The Hall–Kier alpha value is -2.75. The number of para-hydroxylation sites is 1. The quantitative estimate of drug-likeness (QED) is 0.608. The van der Waals surface area contributed by atoms with Crippen LogP contribution in [0, 0.1) is 0 Å². The first-order valence-corrected chi connectivity index (χ1v) is 10.8. The molecule has 4 heteroatoms. The summed E-state index contributed by atoms with van der Waals surface area (Å²) < 4.78 is 0. The predicted octanol–water partition coefficient (Wildman–Crippen LogP) is 5.14. The van der Waals surface area contributed by atoms with Crippen LogP contribution in [0.25, 0.3) is 10.9 Å². The number of carbonyl (C=O) groups is 1. The molecule has 1 fully saturated rings. The van der Waals surface area contributed by atoms with Crippen LogP contribution in [-0.4, -0.2) is 35.9 Å². The van der Waals surface area contributed by atoms with Gasteiger partial charge in [-0.3, -0.25) is 4.79 Å². The summed E-state index contributed by atoms with van der Waals surface area (Å²) in [5.41, 5.74) is 4.96. The van der Waals surface area contributed by atoms with Gasteiger partial charge in [-0.2, -0.15) is 0 Å². The molecule has 1 amide bonds. The van der Waals surface area contributed by atoms with Crippen LogP contribution in [0.5, 0.6) is 0 Å². The van der Waals surface area contributed by atoms with E-state index in [4.69, 9.17) is 0 Å². The van der Waals surface area contributed by atoms with E-state index in [2.05, 4.69) is 58.5 Å². The number of hydrogen-bond acceptors (Lipinski definition) is 2. The average Bonchev–Trinajstić information content (AvgIpc) is 3.18. The molecule has 0 spiro atoms. The Bertz CT molecular complexity index is 938. The third-order valence-corrected chi connectivity index (χ3v) is 6.01. The van der Waals surface area contributed by atoms with Gasteiger partial charge < -0.3 is 14.8 Å². The zero-order chi connectivity index (χ0) is 20.1. The number of nitrogens with zero attached hydrogens (tertiary/aromatic N) is 2. The molecule has 29 heavy (non-hydrogen) atoms. The predicted molar refractivity (Wildman–Crippen MR) is 120 cm³/mol. The lowest BCUT2D eigenvalue weighted by Gasteiger charge is -2.29. The molecule has 1 aliphatic rings. The molecule has 0 saturated carbocycles. The fourth-order valence-corrected chi connectivity index (χ4v) is 4.29. The molecule has 3 aromatic rings. The van der Waals surface area contributed by atoms with E-state index in [1.54, 1.807) is 0 Å². The van der Waals surface area contributed by atoms with Crippen LogP contribution < -0.4 is 4.90 Å². The van der Waals surface area contributed by atoms with Gasteiger partial charge in [0.25, 0.3) is 0 Å². The molecule has 0 aliphatic carbocycles. The zero-order valence-electron chi connectivity index (χ0n) is 17.4. The van der Waals surface area contributed by atoms with Gasteiger partial charge in [0.05, 0.1) is 0 Å². The van der Waals surface area contributed by atoms with Crippen molar-refractivity contribution in [2.24, 2.45) is 0 Å². The Balaban J connectivity index is 1.25. The Morgan fingerprint density at radius 3 is 2.59 bits per heavy atom. The number of rotatable bonds is 7. The highest BCUT2D eigenvalue weighted by Crippen LogP contribution is 2.21. The molecule has 2 heterocycles. The number of nitrogens with one attached hydrogen (secondary N) is 1. The van der Waals surface area contributed by atoms with E-state index in [0.717, 1.165) is 25.9 Å². The highest BCUT2D eigenvalue weighted by Gasteiger charge is 2.13. The highest BCUT2D eigenvalue weighted by atomic mass is 16.2. The van der Waals surface area contributed by atoms with Crippen LogP contribution in [0.15, 0.2) is 54.7 Å². The number of piperidine rings is 1. The minimum absolute atomic E-state index is 0.213. The van der Waals surface area contributed by atoms with Crippen molar-refractivity contribution in [2.45, 2.75) is 45.1 Å². The van der Waals surface area contributed by atoms with Crippen molar-refractivity contribution in [1.82, 2.24) is 9.88 Å². The maximum Gasteiger partial charge on any atom is 0.222 e. The third kappa shape index (κ3) is 4.81. The summed E-state index contributed by atoms with van der Waals surface area (Å²) in [5.74, 6) is 0.213. The SMILES string of the molecule is CN(Cc1ccc(N2CCCCC2)cc1)C(=O)CCCc1c[nH]c2ccccc12. The molecule has 2 aromatic carbocycles. The maximum absolute atomic E-state index is 12.6. The summed E-state index contributed by atoms with van der Waals surface area (Å²) in [7, 11) is 1.91. The Kier molecular flexibility index (Phi) is 6.18. The highest BCUT2D eigenvalue weighted by molar-refractivity contribution is 5.83. The average molecular weight is 390 g/mol.